The number of ether oxygens (including phenoxy) is 4. The molecule has 5 rings (SSSR count). The summed E-state index contributed by atoms with van der Waals surface area (Å²) in [7, 11) is 0. The number of esters is 2. The predicted octanol–water partition coefficient (Wildman–Crippen LogP) is 20.7. The molecular weight excluding hydrogens is 917 g/mol. The predicted molar refractivity (Wildman–Crippen MR) is 312 cm³/mol. The molecule has 0 spiro atoms. The second-order valence-corrected chi connectivity index (χ2v) is 21.7. The molecule has 4 aromatic carbocycles. The van der Waals surface area contributed by atoms with Gasteiger partial charge in [0.2, 0.25) is 0 Å². The maximum atomic E-state index is 12.5. The van der Waals surface area contributed by atoms with Crippen molar-refractivity contribution in [1.29, 1.82) is 0 Å². The van der Waals surface area contributed by atoms with Crippen molar-refractivity contribution in [2.75, 3.05) is 19.8 Å². The number of carbonyl (C=O) groups is 2. The van der Waals surface area contributed by atoms with Crippen LogP contribution in [-0.2, 0) is 14.2 Å². The largest absolute Gasteiger partial charge is 0.508 e. The molecule has 1 N–H and O–H groups in total. The van der Waals surface area contributed by atoms with Gasteiger partial charge in [0.05, 0.1) is 30.9 Å². The van der Waals surface area contributed by atoms with E-state index in [1.807, 2.05) is 54.6 Å². The van der Waals surface area contributed by atoms with Crippen molar-refractivity contribution >= 4 is 33.5 Å². The fourth-order valence-corrected chi connectivity index (χ4v) is 10.2. The zero-order valence-electron chi connectivity index (χ0n) is 47.1. The van der Waals surface area contributed by atoms with Gasteiger partial charge in [0.15, 0.2) is 6.29 Å². The normalized spacial score (nSPS) is 13.5. The van der Waals surface area contributed by atoms with Gasteiger partial charge in [0.25, 0.3) is 0 Å². The van der Waals surface area contributed by atoms with E-state index in [2.05, 4.69) is 13.8 Å². The number of benzene rings is 4. The lowest BCUT2D eigenvalue weighted by molar-refractivity contribution is -0.105. The van der Waals surface area contributed by atoms with Gasteiger partial charge in [0, 0.05) is 6.42 Å². The van der Waals surface area contributed by atoms with Crippen LogP contribution in [0.25, 0.3) is 21.5 Å². The van der Waals surface area contributed by atoms with E-state index in [4.69, 9.17) is 18.9 Å². The van der Waals surface area contributed by atoms with Gasteiger partial charge in [-0.25, -0.2) is 9.59 Å². The third-order valence-electron chi connectivity index (χ3n) is 15.0. The number of aromatic hydroxyl groups is 1. The number of hydrogen-bond acceptors (Lipinski definition) is 7. The van der Waals surface area contributed by atoms with Gasteiger partial charge >= 0.3 is 11.9 Å². The van der Waals surface area contributed by atoms with E-state index in [-0.39, 0.29) is 24.0 Å². The zero-order valence-corrected chi connectivity index (χ0v) is 47.1. The monoisotopic (exact) mass is 1020 g/mol. The van der Waals surface area contributed by atoms with Crippen LogP contribution in [-0.4, -0.2) is 43.2 Å². The average Bonchev–Trinajstić information content (AvgIpc) is 3.42. The highest BCUT2D eigenvalue weighted by Crippen LogP contribution is 2.26. The van der Waals surface area contributed by atoms with Crippen LogP contribution in [0.3, 0.4) is 0 Å². The molecule has 7 heteroatoms. The molecule has 74 heavy (non-hydrogen) atoms. The number of carbonyl (C=O) groups excluding carboxylic acids is 2. The summed E-state index contributed by atoms with van der Waals surface area (Å²) in [6.07, 6.45) is 51.8. The first kappa shape index (κ1) is 62.4. The lowest BCUT2D eigenvalue weighted by Crippen LogP contribution is -2.24. The molecule has 1 aliphatic rings. The highest BCUT2D eigenvalue weighted by molar-refractivity contribution is 5.96. The second-order valence-electron chi connectivity index (χ2n) is 21.7. The summed E-state index contributed by atoms with van der Waals surface area (Å²) in [5, 5.41) is 13.5. The van der Waals surface area contributed by atoms with Gasteiger partial charge < -0.3 is 24.1 Å². The van der Waals surface area contributed by atoms with E-state index < -0.39 is 0 Å². The van der Waals surface area contributed by atoms with Crippen LogP contribution in [0.15, 0.2) is 72.8 Å². The molecule has 1 atom stereocenters. The number of phenols is 1. The molecule has 0 radical (unpaired) electrons. The third-order valence-corrected chi connectivity index (χ3v) is 15.0. The summed E-state index contributed by atoms with van der Waals surface area (Å²) in [5.41, 5.74) is 1.18. The minimum atomic E-state index is -0.262. The smallest absolute Gasteiger partial charge is 0.338 e. The van der Waals surface area contributed by atoms with Gasteiger partial charge in [-0.15, -0.1) is 0 Å². The Hall–Kier alpha value is -4.10. The molecule has 1 heterocycles. The van der Waals surface area contributed by atoms with Gasteiger partial charge in [-0.1, -0.05) is 256 Å². The summed E-state index contributed by atoms with van der Waals surface area (Å²) in [5.74, 6) is 0.549. The topological polar surface area (TPSA) is 91.3 Å². The molecule has 0 aliphatic carbocycles. The molecule has 7 nitrogen and oxygen atoms in total. The standard InChI is InChI=1S/C36H56O4.C31H48O3/c1-2-3-4-5-6-7-8-9-10-11-12-13-14-15-16-17-18-20-28-39-36(37)33-24-23-32-30-34(26-25-31(32)29-33)40-35-22-19-21-27-38-35;1-2-3-4-5-6-7-8-9-10-11-12-13-14-15-16-17-18-19-24-34-31(33)29-21-20-28-26-30(32)23-22-27(28)25-29/h23-26,29-30,35H,2-22,27-28H2,1H3;20-23,25-26,32H,2-19,24H2,1H3. The summed E-state index contributed by atoms with van der Waals surface area (Å²) < 4.78 is 22.6. The van der Waals surface area contributed by atoms with Crippen molar-refractivity contribution in [1.82, 2.24) is 0 Å². The number of rotatable bonds is 42. The molecular formula is C67H104O7. The van der Waals surface area contributed by atoms with Crippen molar-refractivity contribution in [2.24, 2.45) is 0 Å². The van der Waals surface area contributed by atoms with Crippen molar-refractivity contribution < 1.29 is 33.6 Å². The van der Waals surface area contributed by atoms with E-state index in [1.165, 1.54) is 205 Å². The van der Waals surface area contributed by atoms with Crippen LogP contribution in [0.2, 0.25) is 0 Å². The first-order chi connectivity index (χ1) is 36.5. The van der Waals surface area contributed by atoms with Gasteiger partial charge in [-0.2, -0.15) is 0 Å². The van der Waals surface area contributed by atoms with E-state index >= 15 is 0 Å². The van der Waals surface area contributed by atoms with Gasteiger partial charge in [-0.3, -0.25) is 0 Å². The number of unbranched alkanes of at least 4 members (excludes halogenated alkanes) is 34. The molecule has 4 aromatic rings. The Bertz CT molecular complexity index is 2020. The maximum absolute atomic E-state index is 12.5. The molecule has 0 bridgehead atoms. The number of hydrogen-bond donors (Lipinski definition) is 1. The highest BCUT2D eigenvalue weighted by Gasteiger charge is 2.16. The maximum Gasteiger partial charge on any atom is 0.338 e. The van der Waals surface area contributed by atoms with Crippen molar-refractivity contribution in [3.8, 4) is 11.5 Å². The second kappa shape index (κ2) is 42.1. The fourth-order valence-electron chi connectivity index (χ4n) is 10.2. The molecule has 1 fully saturated rings. The minimum Gasteiger partial charge on any atom is -0.508 e. The Morgan fingerprint density at radius 3 is 1.14 bits per heavy atom. The van der Waals surface area contributed by atoms with E-state index in [9.17, 15) is 14.7 Å². The van der Waals surface area contributed by atoms with Crippen LogP contribution < -0.4 is 4.74 Å². The summed E-state index contributed by atoms with van der Waals surface area (Å²) in [6.45, 7) is 6.33. The Balaban J connectivity index is 0.000000325. The molecule has 0 aromatic heterocycles. The van der Waals surface area contributed by atoms with E-state index in [0.29, 0.717) is 24.3 Å². The SMILES string of the molecule is CCCCCCCCCCCCCCCCCCCCOC(=O)c1ccc2cc(O)ccc2c1.CCCCCCCCCCCCCCCCCCCCOC(=O)c1ccc2cc(OC3CCCCO3)ccc2c1. The molecule has 1 saturated heterocycles. The fraction of sp³-hybridized carbons (Fsp3) is 0.672. The quantitative estimate of drug-likeness (QED) is 0.0349. The average molecular weight is 1020 g/mol. The Morgan fingerprint density at radius 2 is 0.757 bits per heavy atom. The van der Waals surface area contributed by atoms with Crippen LogP contribution in [0, 0.1) is 0 Å². The summed E-state index contributed by atoms with van der Waals surface area (Å²) >= 11 is 0. The van der Waals surface area contributed by atoms with Crippen molar-refractivity contribution in [2.45, 2.75) is 271 Å². The third kappa shape index (κ3) is 29.3. The molecule has 414 valence electrons. The summed E-state index contributed by atoms with van der Waals surface area (Å²) in [4.78, 5) is 24.8. The molecule has 0 amide bonds. The number of phenolic OH excluding ortho intramolecular Hbond substituents is 1. The lowest BCUT2D eigenvalue weighted by atomic mass is 10.0. The van der Waals surface area contributed by atoms with Crippen LogP contribution in [0.5, 0.6) is 11.5 Å². The minimum absolute atomic E-state index is 0.153. The zero-order chi connectivity index (χ0) is 52.4. The highest BCUT2D eigenvalue weighted by atomic mass is 16.7. The van der Waals surface area contributed by atoms with Gasteiger partial charge in [-0.05, 0) is 95.8 Å². The Kier molecular flexibility index (Phi) is 35.5. The van der Waals surface area contributed by atoms with Crippen LogP contribution in [0.1, 0.15) is 285 Å². The molecule has 1 unspecified atom stereocenters. The van der Waals surface area contributed by atoms with Crippen LogP contribution in [0.4, 0.5) is 0 Å². The van der Waals surface area contributed by atoms with Crippen LogP contribution >= 0.6 is 0 Å². The first-order valence-electron chi connectivity index (χ1n) is 30.9. The van der Waals surface area contributed by atoms with Crippen molar-refractivity contribution in [3.05, 3.63) is 83.9 Å². The van der Waals surface area contributed by atoms with Crippen molar-refractivity contribution in [3.63, 3.8) is 0 Å². The summed E-state index contributed by atoms with van der Waals surface area (Å²) in [6, 6.07) is 22.3. The molecule has 0 saturated carbocycles. The lowest BCUT2D eigenvalue weighted by Gasteiger charge is -2.23. The molecule has 1 aliphatic heterocycles. The van der Waals surface area contributed by atoms with E-state index in [1.54, 1.807) is 18.2 Å². The Morgan fingerprint density at radius 1 is 0.419 bits per heavy atom. The first-order valence-corrected chi connectivity index (χ1v) is 30.9. The Labute approximate surface area is 451 Å². The van der Waals surface area contributed by atoms with E-state index in [0.717, 1.165) is 78.8 Å². The van der Waals surface area contributed by atoms with Gasteiger partial charge in [0.1, 0.15) is 11.5 Å². The number of fused-ring (bicyclic) bond motifs is 2.